The number of carbonyl (C=O) groups is 2. The number of likely N-dealkylation sites (tertiary alicyclic amines) is 1. The third kappa shape index (κ3) is 4.03. The minimum absolute atomic E-state index is 0.0525. The van der Waals surface area contributed by atoms with Crippen LogP contribution in [0.3, 0.4) is 0 Å². The molecule has 0 radical (unpaired) electrons. The molecule has 1 rings (SSSR count). The van der Waals surface area contributed by atoms with E-state index in [0.717, 1.165) is 0 Å². The summed E-state index contributed by atoms with van der Waals surface area (Å²) in [6.07, 6.45) is -1.27. The molecule has 0 aliphatic carbocycles. The van der Waals surface area contributed by atoms with Gasteiger partial charge in [-0.1, -0.05) is 11.6 Å². The molecular weight excluding hydrogens is 262 g/mol. The van der Waals surface area contributed by atoms with Crippen molar-refractivity contribution in [1.29, 1.82) is 0 Å². The summed E-state index contributed by atoms with van der Waals surface area (Å²) in [7, 11) is 0. The van der Waals surface area contributed by atoms with E-state index in [2.05, 4.69) is 4.74 Å². The second-order valence-corrected chi connectivity index (χ2v) is 5.33. The summed E-state index contributed by atoms with van der Waals surface area (Å²) >= 11 is 5.30. The van der Waals surface area contributed by atoms with Crippen molar-refractivity contribution in [2.24, 2.45) is 0 Å². The Bertz CT molecular complexity index is 328. The molecule has 1 fully saturated rings. The van der Waals surface area contributed by atoms with Crippen LogP contribution in [0.15, 0.2) is 0 Å². The summed E-state index contributed by atoms with van der Waals surface area (Å²) in [5, 5.41) is 9.54. The highest BCUT2D eigenvalue weighted by molar-refractivity contribution is 6.17. The first kappa shape index (κ1) is 15.0. The number of halogens is 1. The molecule has 0 bridgehead atoms. The lowest BCUT2D eigenvalue weighted by atomic mass is 10.2. The molecule has 1 saturated heterocycles. The largest absolute Gasteiger partial charge is 0.448 e. The van der Waals surface area contributed by atoms with E-state index in [4.69, 9.17) is 16.3 Å². The summed E-state index contributed by atoms with van der Waals surface area (Å²) in [6.45, 7) is 5.23. The molecule has 2 unspecified atom stereocenters. The zero-order valence-electron chi connectivity index (χ0n) is 10.7. The molecule has 1 aliphatic rings. The molecule has 7 heteroatoms. The molecule has 1 amide bonds. The predicted octanol–water partition coefficient (Wildman–Crippen LogP) is 1.10. The Kier molecular flexibility index (Phi) is 4.81. The first-order valence-corrected chi connectivity index (χ1v) is 6.18. The monoisotopic (exact) mass is 279 g/mol. The van der Waals surface area contributed by atoms with E-state index in [1.165, 1.54) is 4.90 Å². The fourth-order valence-corrected chi connectivity index (χ4v) is 1.82. The molecule has 1 heterocycles. The number of amides is 1. The second-order valence-electron chi connectivity index (χ2n) is 5.11. The minimum atomic E-state index is -0.839. The highest BCUT2D eigenvalue weighted by atomic mass is 35.5. The van der Waals surface area contributed by atoms with E-state index in [-0.39, 0.29) is 19.0 Å². The van der Waals surface area contributed by atoms with Gasteiger partial charge >= 0.3 is 12.1 Å². The molecule has 1 N–H and O–H groups in total. The Morgan fingerprint density at radius 1 is 1.44 bits per heavy atom. The number of aliphatic hydroxyl groups is 1. The maximum absolute atomic E-state index is 11.9. The lowest BCUT2D eigenvalue weighted by molar-refractivity contribution is -0.146. The Morgan fingerprint density at radius 3 is 2.56 bits per heavy atom. The van der Waals surface area contributed by atoms with Crippen molar-refractivity contribution in [3.05, 3.63) is 0 Å². The van der Waals surface area contributed by atoms with E-state index >= 15 is 0 Å². The molecule has 0 spiro atoms. The highest BCUT2D eigenvalue weighted by Gasteiger charge is 2.41. The lowest BCUT2D eigenvalue weighted by Gasteiger charge is -2.27. The Morgan fingerprint density at radius 2 is 2.06 bits per heavy atom. The van der Waals surface area contributed by atoms with Gasteiger partial charge in [-0.2, -0.15) is 0 Å². The number of β-amino-alcohol motifs (C(OH)–C–C–N with tert-alkyl or cyclic N) is 1. The Balaban J connectivity index is 2.72. The van der Waals surface area contributed by atoms with Crippen molar-refractivity contribution < 1.29 is 24.2 Å². The number of hydrogen-bond donors (Lipinski definition) is 1. The molecule has 2 atom stereocenters. The van der Waals surface area contributed by atoms with Gasteiger partial charge in [0.05, 0.1) is 12.6 Å². The second kappa shape index (κ2) is 5.75. The van der Waals surface area contributed by atoms with Gasteiger partial charge in [0.25, 0.3) is 0 Å². The van der Waals surface area contributed by atoms with Gasteiger partial charge in [-0.25, -0.2) is 9.59 Å². The zero-order chi connectivity index (χ0) is 13.9. The van der Waals surface area contributed by atoms with Crippen molar-refractivity contribution in [1.82, 2.24) is 4.90 Å². The topological polar surface area (TPSA) is 76.1 Å². The van der Waals surface area contributed by atoms with Crippen LogP contribution in [0, 0.1) is 0 Å². The minimum Gasteiger partial charge on any atom is -0.448 e. The summed E-state index contributed by atoms with van der Waals surface area (Å²) in [5.74, 6) is -0.632. The molecule has 0 aromatic carbocycles. The zero-order valence-corrected chi connectivity index (χ0v) is 11.4. The molecule has 0 aromatic rings. The van der Waals surface area contributed by atoms with Crippen LogP contribution in [-0.2, 0) is 14.3 Å². The number of rotatable bonds is 2. The van der Waals surface area contributed by atoms with Crippen molar-refractivity contribution in [2.45, 2.75) is 44.9 Å². The Labute approximate surface area is 111 Å². The van der Waals surface area contributed by atoms with Crippen LogP contribution in [0.4, 0.5) is 4.79 Å². The first-order chi connectivity index (χ1) is 8.24. The van der Waals surface area contributed by atoms with Gasteiger partial charge in [-0.3, -0.25) is 4.90 Å². The number of hydrogen-bond acceptors (Lipinski definition) is 5. The summed E-state index contributed by atoms with van der Waals surface area (Å²) in [6, 6.07) is -1.12. The van der Waals surface area contributed by atoms with Crippen LogP contribution >= 0.6 is 11.6 Å². The van der Waals surface area contributed by atoms with Crippen LogP contribution in [-0.4, -0.2) is 52.4 Å². The summed E-state index contributed by atoms with van der Waals surface area (Å²) in [4.78, 5) is 24.7. The maximum atomic E-state index is 11.9. The molecule has 0 aromatic heterocycles. The number of alkyl halides is 1. The number of esters is 1. The summed E-state index contributed by atoms with van der Waals surface area (Å²) < 4.78 is 9.81. The van der Waals surface area contributed by atoms with Crippen molar-refractivity contribution in [3.63, 3.8) is 0 Å². The third-order valence-electron chi connectivity index (χ3n) is 2.38. The predicted molar refractivity (Wildman–Crippen MR) is 64.2 cm³/mol. The SMILES string of the molecule is CC(C)(C)OC(=O)N1CC(O)CC1C(=O)OCCl. The van der Waals surface area contributed by atoms with Gasteiger partial charge in [0, 0.05) is 6.42 Å². The number of ether oxygens (including phenoxy) is 2. The first-order valence-electron chi connectivity index (χ1n) is 5.65. The third-order valence-corrected chi connectivity index (χ3v) is 2.49. The standard InChI is InChI=1S/C11H18ClNO5/c1-11(2,3)18-10(16)13-5-7(14)4-8(13)9(15)17-6-12/h7-8,14H,4-6H2,1-3H3. The van der Waals surface area contributed by atoms with Gasteiger partial charge in [-0.15, -0.1) is 0 Å². The van der Waals surface area contributed by atoms with Gasteiger partial charge in [0.2, 0.25) is 0 Å². The van der Waals surface area contributed by atoms with Crippen LogP contribution in [0.25, 0.3) is 0 Å². The van der Waals surface area contributed by atoms with Crippen LogP contribution in [0.1, 0.15) is 27.2 Å². The van der Waals surface area contributed by atoms with Gasteiger partial charge in [0.15, 0.2) is 6.07 Å². The van der Waals surface area contributed by atoms with E-state index in [0.29, 0.717) is 0 Å². The van der Waals surface area contributed by atoms with Gasteiger partial charge in [-0.05, 0) is 20.8 Å². The van der Waals surface area contributed by atoms with Crippen molar-refractivity contribution >= 4 is 23.7 Å². The molecule has 0 saturated carbocycles. The van der Waals surface area contributed by atoms with Crippen LogP contribution in [0.5, 0.6) is 0 Å². The van der Waals surface area contributed by atoms with E-state index in [1.807, 2.05) is 0 Å². The van der Waals surface area contributed by atoms with Gasteiger partial charge in [0.1, 0.15) is 11.6 Å². The molecule has 6 nitrogen and oxygen atoms in total. The van der Waals surface area contributed by atoms with E-state index in [9.17, 15) is 14.7 Å². The average Bonchev–Trinajstić information content (AvgIpc) is 2.58. The number of nitrogens with zero attached hydrogens (tertiary/aromatic N) is 1. The molecule has 18 heavy (non-hydrogen) atoms. The maximum Gasteiger partial charge on any atom is 0.411 e. The van der Waals surface area contributed by atoms with Crippen LogP contribution < -0.4 is 0 Å². The molecular formula is C11H18ClNO5. The average molecular weight is 280 g/mol. The fourth-order valence-electron chi connectivity index (χ4n) is 1.71. The van der Waals surface area contributed by atoms with E-state index < -0.39 is 29.8 Å². The highest BCUT2D eigenvalue weighted by Crippen LogP contribution is 2.22. The number of carbonyl (C=O) groups excluding carboxylic acids is 2. The van der Waals surface area contributed by atoms with Crippen molar-refractivity contribution in [3.8, 4) is 0 Å². The summed E-state index contributed by atoms with van der Waals surface area (Å²) in [5.41, 5.74) is -0.661. The Hall–Kier alpha value is -1.01. The molecule has 104 valence electrons. The fraction of sp³-hybridized carbons (Fsp3) is 0.818. The van der Waals surface area contributed by atoms with E-state index in [1.54, 1.807) is 20.8 Å². The van der Waals surface area contributed by atoms with Gasteiger partial charge < -0.3 is 14.6 Å². The van der Waals surface area contributed by atoms with Crippen molar-refractivity contribution in [2.75, 3.05) is 12.6 Å². The lowest BCUT2D eigenvalue weighted by Crippen LogP contribution is -2.44. The smallest absolute Gasteiger partial charge is 0.411 e. The number of aliphatic hydroxyl groups excluding tert-OH is 1. The quantitative estimate of drug-likeness (QED) is 0.605. The van der Waals surface area contributed by atoms with Crippen LogP contribution in [0.2, 0.25) is 0 Å². The normalized spacial score (nSPS) is 23.9. The molecule has 1 aliphatic heterocycles.